The average Bonchev–Trinajstić information content (AvgIpc) is 2.29. The second kappa shape index (κ2) is 9.04. The van der Waals surface area contributed by atoms with Gasteiger partial charge in [0.15, 0.2) is 5.96 Å². The molecule has 0 aliphatic rings. The number of hydrogen-bond acceptors (Lipinski definition) is 1. The summed E-state index contributed by atoms with van der Waals surface area (Å²) >= 11 is 0. The van der Waals surface area contributed by atoms with Crippen molar-refractivity contribution in [3.05, 3.63) is 48.0 Å². The summed E-state index contributed by atoms with van der Waals surface area (Å²) in [7, 11) is 1.76. The van der Waals surface area contributed by atoms with Crippen molar-refractivity contribution in [2.24, 2.45) is 4.99 Å². The summed E-state index contributed by atoms with van der Waals surface area (Å²) in [6.45, 7) is 7.24. The Hall–Kier alpha value is -1.04. The van der Waals surface area contributed by atoms with Crippen LogP contribution in [0, 0.1) is 6.92 Å². The highest BCUT2D eigenvalue weighted by atomic mass is 127. The number of benzene rings is 1. The lowest BCUT2D eigenvalue weighted by Crippen LogP contribution is -2.36. The van der Waals surface area contributed by atoms with Gasteiger partial charge in [0.05, 0.1) is 0 Å². The van der Waals surface area contributed by atoms with Crippen molar-refractivity contribution in [3.63, 3.8) is 0 Å². The molecule has 0 aromatic heterocycles. The molecule has 0 aliphatic carbocycles. The number of nitrogens with zero attached hydrogens (tertiary/aromatic N) is 1. The Morgan fingerprint density at radius 1 is 1.41 bits per heavy atom. The zero-order valence-corrected chi connectivity index (χ0v) is 12.7. The van der Waals surface area contributed by atoms with Gasteiger partial charge in [-0.2, -0.15) is 0 Å². The van der Waals surface area contributed by atoms with E-state index in [9.17, 15) is 0 Å². The molecule has 0 aliphatic heterocycles. The van der Waals surface area contributed by atoms with Crippen molar-refractivity contribution < 1.29 is 0 Å². The van der Waals surface area contributed by atoms with Crippen LogP contribution in [0.4, 0.5) is 0 Å². The molecule has 3 nitrogen and oxygen atoms in total. The van der Waals surface area contributed by atoms with Gasteiger partial charge in [-0.3, -0.25) is 4.99 Å². The maximum absolute atomic E-state index is 4.11. The van der Waals surface area contributed by atoms with Gasteiger partial charge in [0.25, 0.3) is 0 Å². The molecule has 94 valence electrons. The molecule has 0 unspecified atom stereocenters. The predicted molar refractivity (Wildman–Crippen MR) is 85.0 cm³/mol. The van der Waals surface area contributed by atoms with E-state index in [4.69, 9.17) is 0 Å². The third-order valence-corrected chi connectivity index (χ3v) is 2.18. The quantitative estimate of drug-likeness (QED) is 0.381. The molecule has 0 heterocycles. The number of guanidine groups is 1. The molecule has 1 rings (SSSR count). The smallest absolute Gasteiger partial charge is 0.191 e. The Morgan fingerprint density at radius 2 is 2.18 bits per heavy atom. The minimum atomic E-state index is 0. The molecule has 1 aromatic carbocycles. The predicted octanol–water partition coefficient (Wildman–Crippen LogP) is 2.46. The fourth-order valence-corrected chi connectivity index (χ4v) is 1.40. The molecule has 0 fully saturated rings. The van der Waals surface area contributed by atoms with Crippen LogP contribution in [0.1, 0.15) is 11.1 Å². The fourth-order valence-electron chi connectivity index (χ4n) is 1.40. The van der Waals surface area contributed by atoms with Crippen molar-refractivity contribution >= 4 is 29.9 Å². The summed E-state index contributed by atoms with van der Waals surface area (Å²) in [6.07, 6.45) is 1.81. The van der Waals surface area contributed by atoms with Crippen molar-refractivity contribution in [2.45, 2.75) is 13.5 Å². The minimum Gasteiger partial charge on any atom is -0.353 e. The Morgan fingerprint density at radius 3 is 2.76 bits per heavy atom. The van der Waals surface area contributed by atoms with Gasteiger partial charge in [0.2, 0.25) is 0 Å². The van der Waals surface area contributed by atoms with Gasteiger partial charge in [0, 0.05) is 20.1 Å². The van der Waals surface area contributed by atoms with Gasteiger partial charge >= 0.3 is 0 Å². The van der Waals surface area contributed by atoms with Gasteiger partial charge in [0.1, 0.15) is 0 Å². The monoisotopic (exact) mass is 345 g/mol. The Kier molecular flexibility index (Phi) is 8.49. The van der Waals surface area contributed by atoms with E-state index < -0.39 is 0 Å². The van der Waals surface area contributed by atoms with Crippen molar-refractivity contribution in [3.8, 4) is 0 Å². The number of rotatable bonds is 4. The second-order valence-electron chi connectivity index (χ2n) is 3.58. The highest BCUT2D eigenvalue weighted by Crippen LogP contribution is 2.02. The first-order valence-electron chi connectivity index (χ1n) is 5.37. The first-order valence-corrected chi connectivity index (χ1v) is 5.37. The van der Waals surface area contributed by atoms with Gasteiger partial charge in [-0.25, -0.2) is 0 Å². The normalized spacial score (nSPS) is 10.4. The van der Waals surface area contributed by atoms with Gasteiger partial charge in [-0.15, -0.1) is 30.6 Å². The molecule has 0 saturated heterocycles. The Bertz CT molecular complexity index is 375. The highest BCUT2D eigenvalue weighted by molar-refractivity contribution is 14.0. The lowest BCUT2D eigenvalue weighted by Gasteiger charge is -2.10. The third-order valence-electron chi connectivity index (χ3n) is 2.18. The third kappa shape index (κ3) is 6.31. The molecular weight excluding hydrogens is 325 g/mol. The van der Waals surface area contributed by atoms with E-state index in [0.717, 1.165) is 12.5 Å². The first kappa shape index (κ1) is 16.0. The van der Waals surface area contributed by atoms with Crippen LogP contribution in [0.25, 0.3) is 0 Å². The van der Waals surface area contributed by atoms with Gasteiger partial charge in [-0.05, 0) is 12.5 Å². The molecule has 0 bridgehead atoms. The van der Waals surface area contributed by atoms with Crippen LogP contribution < -0.4 is 10.6 Å². The molecule has 0 saturated carbocycles. The fraction of sp³-hybridized carbons (Fsp3) is 0.308. The lowest BCUT2D eigenvalue weighted by atomic mass is 10.1. The van der Waals surface area contributed by atoms with Crippen LogP contribution in [0.5, 0.6) is 0 Å². The van der Waals surface area contributed by atoms with Crippen LogP contribution in [-0.2, 0) is 6.54 Å². The molecule has 0 spiro atoms. The zero-order valence-electron chi connectivity index (χ0n) is 10.4. The highest BCUT2D eigenvalue weighted by Gasteiger charge is 1.96. The maximum atomic E-state index is 4.11. The van der Waals surface area contributed by atoms with Crippen LogP contribution in [-0.4, -0.2) is 19.6 Å². The summed E-state index contributed by atoms with van der Waals surface area (Å²) in [5.74, 6) is 0.793. The summed E-state index contributed by atoms with van der Waals surface area (Å²) in [5.41, 5.74) is 2.52. The summed E-state index contributed by atoms with van der Waals surface area (Å²) < 4.78 is 0. The Labute approximate surface area is 120 Å². The first-order chi connectivity index (χ1) is 7.76. The summed E-state index contributed by atoms with van der Waals surface area (Å²) in [6, 6.07) is 8.41. The van der Waals surface area contributed by atoms with E-state index in [1.165, 1.54) is 11.1 Å². The summed E-state index contributed by atoms with van der Waals surface area (Å²) in [4.78, 5) is 4.11. The number of halogens is 1. The number of nitrogens with one attached hydrogen (secondary N) is 2. The molecule has 4 heteroatoms. The van der Waals surface area contributed by atoms with E-state index in [2.05, 4.69) is 53.4 Å². The molecular formula is C13H20IN3. The second-order valence-corrected chi connectivity index (χ2v) is 3.58. The van der Waals surface area contributed by atoms with E-state index in [1.807, 2.05) is 0 Å². The van der Waals surface area contributed by atoms with Crippen molar-refractivity contribution in [1.29, 1.82) is 0 Å². The zero-order chi connectivity index (χ0) is 11.8. The Balaban J connectivity index is 0.00000256. The SMILES string of the molecule is C=CCNC(=NC)NCc1cccc(C)c1.I. The van der Waals surface area contributed by atoms with Crippen molar-refractivity contribution in [2.75, 3.05) is 13.6 Å². The topological polar surface area (TPSA) is 36.4 Å². The molecule has 0 amide bonds. The van der Waals surface area contributed by atoms with Crippen molar-refractivity contribution in [1.82, 2.24) is 10.6 Å². The summed E-state index contributed by atoms with van der Waals surface area (Å²) in [5, 5.41) is 6.36. The average molecular weight is 345 g/mol. The number of hydrogen-bond donors (Lipinski definition) is 2. The van der Waals surface area contributed by atoms with E-state index >= 15 is 0 Å². The van der Waals surface area contributed by atoms with Gasteiger partial charge < -0.3 is 10.6 Å². The van der Waals surface area contributed by atoms with Gasteiger partial charge in [-0.1, -0.05) is 35.9 Å². The maximum Gasteiger partial charge on any atom is 0.191 e. The minimum absolute atomic E-state index is 0. The lowest BCUT2D eigenvalue weighted by molar-refractivity contribution is 0.846. The van der Waals surface area contributed by atoms with Crippen LogP contribution in [0.2, 0.25) is 0 Å². The molecule has 0 radical (unpaired) electrons. The number of aliphatic imine (C=N–C) groups is 1. The van der Waals surface area contributed by atoms with E-state index in [1.54, 1.807) is 13.1 Å². The number of aryl methyl sites for hydroxylation is 1. The van der Waals surface area contributed by atoms with E-state index in [0.29, 0.717) is 6.54 Å². The van der Waals surface area contributed by atoms with Crippen LogP contribution >= 0.6 is 24.0 Å². The van der Waals surface area contributed by atoms with Crippen LogP contribution in [0.15, 0.2) is 41.9 Å². The van der Waals surface area contributed by atoms with E-state index in [-0.39, 0.29) is 24.0 Å². The van der Waals surface area contributed by atoms with Crippen LogP contribution in [0.3, 0.4) is 0 Å². The largest absolute Gasteiger partial charge is 0.353 e. The molecule has 1 aromatic rings. The molecule has 0 atom stereocenters. The standard InChI is InChI=1S/C13H19N3.HI/c1-4-8-15-13(14-3)16-10-12-7-5-6-11(2)9-12;/h4-7,9H,1,8,10H2,2-3H3,(H2,14,15,16);1H. The molecule has 2 N–H and O–H groups in total. The molecule has 17 heavy (non-hydrogen) atoms.